The third-order valence-electron chi connectivity index (χ3n) is 2.64. The van der Waals surface area contributed by atoms with Crippen LogP contribution in [0, 0.1) is 0 Å². The Bertz CT molecular complexity index is 387. The quantitative estimate of drug-likeness (QED) is 0.741. The van der Waals surface area contributed by atoms with Gasteiger partial charge in [-0.2, -0.15) is 0 Å². The van der Waals surface area contributed by atoms with E-state index in [2.05, 4.69) is 24.0 Å². The largest absolute Gasteiger partial charge is 0.321 e. The van der Waals surface area contributed by atoms with Crippen LogP contribution in [0.5, 0.6) is 0 Å². The molecule has 0 radical (unpaired) electrons. The molecule has 1 aliphatic rings. The molecular weight excluding hydrogens is 188 g/mol. The number of hydrogen-bond donors (Lipinski definition) is 1. The fourth-order valence-electron chi connectivity index (χ4n) is 1.85. The Morgan fingerprint density at radius 1 is 1.40 bits per heavy atom. The highest BCUT2D eigenvalue weighted by molar-refractivity contribution is 5.75. The van der Waals surface area contributed by atoms with Gasteiger partial charge >= 0.3 is 6.03 Å². The number of carbonyl (C=O) groups excluding carboxylic acids is 1. The Labute approximate surface area is 89.4 Å². The van der Waals surface area contributed by atoms with E-state index < -0.39 is 0 Å². The molecule has 1 N–H and O–H groups in total. The number of rotatable bonds is 1. The van der Waals surface area contributed by atoms with Gasteiger partial charge in [-0.25, -0.2) is 4.79 Å². The van der Waals surface area contributed by atoms with Gasteiger partial charge in [0, 0.05) is 13.1 Å². The van der Waals surface area contributed by atoms with Gasteiger partial charge in [-0.3, -0.25) is 0 Å². The predicted octanol–water partition coefficient (Wildman–Crippen LogP) is 1.90. The molecule has 0 unspecified atom stereocenters. The number of benzene rings is 1. The molecule has 0 fully saturated rings. The summed E-state index contributed by atoms with van der Waals surface area (Å²) < 4.78 is 0. The average molecular weight is 202 g/mol. The number of fused-ring (bicyclic) bond motifs is 1. The van der Waals surface area contributed by atoms with Gasteiger partial charge in [-0.1, -0.05) is 30.8 Å². The molecule has 2 rings (SSSR count). The molecule has 1 aromatic carbocycles. The van der Waals surface area contributed by atoms with Crippen molar-refractivity contribution in [3.8, 4) is 0 Å². The lowest BCUT2D eigenvalue weighted by Gasteiger charge is -2.28. The predicted molar refractivity (Wildman–Crippen MR) is 59.3 cm³/mol. The van der Waals surface area contributed by atoms with Crippen molar-refractivity contribution in [2.24, 2.45) is 0 Å². The Balaban J connectivity index is 2.11. The van der Waals surface area contributed by atoms with Crippen molar-refractivity contribution in [1.82, 2.24) is 10.2 Å². The highest BCUT2D eigenvalue weighted by Gasteiger charge is 2.18. The maximum Gasteiger partial charge on any atom is 0.321 e. The molecule has 0 saturated carbocycles. The number of urea groups is 1. The van der Waals surface area contributed by atoms with E-state index in [9.17, 15) is 4.79 Å². The maximum atomic E-state index is 11.6. The van der Waals surface area contributed by atoms with Crippen molar-refractivity contribution >= 4 is 6.03 Å². The van der Waals surface area contributed by atoms with E-state index in [0.717, 1.165) is 13.0 Å². The van der Waals surface area contributed by atoms with E-state index in [1.165, 1.54) is 17.3 Å². The molecule has 0 bridgehead atoms. The first-order valence-electron chi connectivity index (χ1n) is 5.04. The zero-order valence-corrected chi connectivity index (χ0v) is 8.57. The number of nitrogens with one attached hydrogen (secondary N) is 1. The zero-order chi connectivity index (χ0) is 10.7. The minimum absolute atomic E-state index is 0.0699. The zero-order valence-electron chi connectivity index (χ0n) is 8.57. The second-order valence-corrected chi connectivity index (χ2v) is 3.59. The second kappa shape index (κ2) is 4.17. The van der Waals surface area contributed by atoms with Crippen LogP contribution in [0.2, 0.25) is 0 Å². The summed E-state index contributed by atoms with van der Waals surface area (Å²) in [6.07, 6.45) is 2.35. The molecule has 0 aromatic heterocycles. The van der Waals surface area contributed by atoms with Crippen molar-refractivity contribution in [1.29, 1.82) is 0 Å². The van der Waals surface area contributed by atoms with Crippen molar-refractivity contribution in [3.05, 3.63) is 48.2 Å². The number of carbonyl (C=O) groups is 1. The van der Waals surface area contributed by atoms with Gasteiger partial charge < -0.3 is 10.2 Å². The maximum absolute atomic E-state index is 11.6. The molecule has 0 saturated heterocycles. The summed E-state index contributed by atoms with van der Waals surface area (Å²) in [4.78, 5) is 13.3. The molecule has 0 aliphatic carbocycles. The fraction of sp³-hybridized carbons (Fsp3) is 0.250. The van der Waals surface area contributed by atoms with E-state index in [1.54, 1.807) is 4.90 Å². The van der Waals surface area contributed by atoms with Crippen LogP contribution in [-0.2, 0) is 13.0 Å². The van der Waals surface area contributed by atoms with E-state index in [1.807, 2.05) is 12.1 Å². The van der Waals surface area contributed by atoms with Gasteiger partial charge in [-0.15, -0.1) is 0 Å². The minimum atomic E-state index is -0.0699. The molecule has 0 spiro atoms. The van der Waals surface area contributed by atoms with Crippen LogP contribution in [-0.4, -0.2) is 17.5 Å². The Hall–Kier alpha value is -1.77. The van der Waals surface area contributed by atoms with Crippen LogP contribution < -0.4 is 5.32 Å². The summed E-state index contributed by atoms with van der Waals surface area (Å²) in [5.74, 6) is 0. The van der Waals surface area contributed by atoms with Crippen LogP contribution in [0.4, 0.5) is 4.79 Å². The van der Waals surface area contributed by atoms with Gasteiger partial charge in [0.15, 0.2) is 0 Å². The van der Waals surface area contributed by atoms with E-state index in [0.29, 0.717) is 6.54 Å². The summed E-state index contributed by atoms with van der Waals surface area (Å²) >= 11 is 0. The minimum Gasteiger partial charge on any atom is -0.320 e. The molecule has 0 atom stereocenters. The topological polar surface area (TPSA) is 32.3 Å². The molecule has 3 nitrogen and oxygen atoms in total. The van der Waals surface area contributed by atoms with Gasteiger partial charge in [0.1, 0.15) is 0 Å². The average Bonchev–Trinajstić information content (AvgIpc) is 2.29. The third-order valence-corrected chi connectivity index (χ3v) is 2.64. The van der Waals surface area contributed by atoms with Crippen LogP contribution in [0.3, 0.4) is 0 Å². The smallest absolute Gasteiger partial charge is 0.320 e. The molecule has 1 aromatic rings. The lowest BCUT2D eigenvalue weighted by Crippen LogP contribution is -2.40. The number of amides is 2. The molecule has 1 heterocycles. The van der Waals surface area contributed by atoms with Gasteiger partial charge in [-0.05, 0) is 23.7 Å². The van der Waals surface area contributed by atoms with Crippen LogP contribution in [0.25, 0.3) is 0 Å². The molecule has 1 aliphatic heterocycles. The highest BCUT2D eigenvalue weighted by atomic mass is 16.2. The lowest BCUT2D eigenvalue weighted by molar-refractivity contribution is 0.196. The van der Waals surface area contributed by atoms with E-state index >= 15 is 0 Å². The van der Waals surface area contributed by atoms with Gasteiger partial charge in [0.05, 0.1) is 0 Å². The lowest BCUT2D eigenvalue weighted by atomic mass is 10.0. The molecule has 2 amide bonds. The summed E-state index contributed by atoms with van der Waals surface area (Å²) in [6, 6.07) is 8.17. The first-order chi connectivity index (χ1) is 7.31. The van der Waals surface area contributed by atoms with E-state index in [4.69, 9.17) is 0 Å². The first-order valence-corrected chi connectivity index (χ1v) is 5.04. The summed E-state index contributed by atoms with van der Waals surface area (Å²) in [5, 5.41) is 2.60. The Morgan fingerprint density at radius 2 is 2.13 bits per heavy atom. The van der Waals surface area contributed by atoms with Crippen molar-refractivity contribution < 1.29 is 4.79 Å². The second-order valence-electron chi connectivity index (χ2n) is 3.59. The highest BCUT2D eigenvalue weighted by Crippen LogP contribution is 2.18. The Kier molecular flexibility index (Phi) is 2.72. The molecular formula is C12H14N2O. The van der Waals surface area contributed by atoms with Crippen molar-refractivity contribution in [3.63, 3.8) is 0 Å². The van der Waals surface area contributed by atoms with E-state index in [-0.39, 0.29) is 6.03 Å². The third kappa shape index (κ3) is 2.01. The van der Waals surface area contributed by atoms with Crippen LogP contribution in [0.15, 0.2) is 37.0 Å². The molecule has 15 heavy (non-hydrogen) atoms. The number of nitrogens with zero attached hydrogens (tertiary/aromatic N) is 1. The molecule has 3 heteroatoms. The fourth-order valence-corrected chi connectivity index (χ4v) is 1.85. The standard InChI is InChI=1S/C12H14N2O/c1-2-13-12(15)14-8-7-10-5-3-4-6-11(10)9-14/h2-6H,1,7-9H2,(H,13,15). The first kappa shape index (κ1) is 9.77. The summed E-state index contributed by atoms with van der Waals surface area (Å²) in [5.41, 5.74) is 2.59. The SMILES string of the molecule is C=CNC(=O)N1CCc2ccccc2C1. The summed E-state index contributed by atoms with van der Waals surface area (Å²) in [6.45, 7) is 4.95. The van der Waals surface area contributed by atoms with Gasteiger partial charge in [0.2, 0.25) is 0 Å². The normalized spacial score (nSPS) is 14.3. The monoisotopic (exact) mass is 202 g/mol. The van der Waals surface area contributed by atoms with Crippen molar-refractivity contribution in [2.75, 3.05) is 6.54 Å². The van der Waals surface area contributed by atoms with Gasteiger partial charge in [0.25, 0.3) is 0 Å². The number of hydrogen-bond acceptors (Lipinski definition) is 1. The Morgan fingerprint density at radius 3 is 2.87 bits per heavy atom. The van der Waals surface area contributed by atoms with Crippen LogP contribution >= 0.6 is 0 Å². The summed E-state index contributed by atoms with van der Waals surface area (Å²) in [7, 11) is 0. The van der Waals surface area contributed by atoms with Crippen LogP contribution in [0.1, 0.15) is 11.1 Å². The van der Waals surface area contributed by atoms with Crippen molar-refractivity contribution in [2.45, 2.75) is 13.0 Å². The molecule has 78 valence electrons.